The van der Waals surface area contributed by atoms with Crippen LogP contribution in [-0.4, -0.2) is 47.8 Å². The number of carbonyl (C=O) groups is 2. The molecule has 10 nitrogen and oxygen atoms in total. The Morgan fingerprint density at radius 2 is 1.86 bits per heavy atom. The summed E-state index contributed by atoms with van der Waals surface area (Å²) in [6.07, 6.45) is 0.557. The molecule has 0 atom stereocenters. The number of hydrogen-bond acceptors (Lipinski definition) is 9. The molecule has 0 aromatic carbocycles. The lowest BCUT2D eigenvalue weighted by Crippen LogP contribution is -2.23. The van der Waals surface area contributed by atoms with Gasteiger partial charge in [0.25, 0.3) is 11.9 Å². The first-order valence-electron chi connectivity index (χ1n) is 8.55. The van der Waals surface area contributed by atoms with Gasteiger partial charge in [-0.15, -0.1) is 5.10 Å². The highest BCUT2D eigenvalue weighted by Crippen LogP contribution is 2.16. The zero-order valence-corrected chi connectivity index (χ0v) is 16.7. The minimum absolute atomic E-state index is 0.305. The number of carbonyl (C=O) groups excluding carboxylic acids is 2. The lowest BCUT2D eigenvalue weighted by Gasteiger charge is -2.09. The topological polar surface area (TPSA) is 125 Å². The number of nitrogens with zero attached hydrogens (tertiary/aromatic N) is 6. The number of aromatic nitrogens is 6. The molecule has 0 aliphatic rings. The Hall–Kier alpha value is -3.21. The van der Waals surface area contributed by atoms with E-state index in [2.05, 4.69) is 30.0 Å². The lowest BCUT2D eigenvalue weighted by atomic mass is 10.3. The molecule has 0 fully saturated rings. The summed E-state index contributed by atoms with van der Waals surface area (Å²) in [5, 5.41) is 10.9. The SMILES string of the molecule is CCc1nnsc1C(=O)OCC(=O)Nc1cc(C)nn1-c1nc(C)cc(C)n1. The molecule has 0 saturated heterocycles. The van der Waals surface area contributed by atoms with Gasteiger partial charge < -0.3 is 10.1 Å². The number of amides is 1. The normalized spacial score (nSPS) is 10.7. The summed E-state index contributed by atoms with van der Waals surface area (Å²) in [5.41, 5.74) is 2.80. The van der Waals surface area contributed by atoms with Crippen LogP contribution >= 0.6 is 11.5 Å². The van der Waals surface area contributed by atoms with Gasteiger partial charge in [-0.25, -0.2) is 14.8 Å². The maximum atomic E-state index is 12.3. The zero-order valence-electron chi connectivity index (χ0n) is 15.9. The molecule has 3 rings (SSSR count). The lowest BCUT2D eigenvalue weighted by molar-refractivity contribution is -0.119. The predicted octanol–water partition coefficient (Wildman–Crippen LogP) is 1.80. The van der Waals surface area contributed by atoms with Gasteiger partial charge >= 0.3 is 5.97 Å². The van der Waals surface area contributed by atoms with E-state index in [9.17, 15) is 9.59 Å². The molecule has 0 saturated carbocycles. The number of ether oxygens (including phenoxy) is 1. The van der Waals surface area contributed by atoms with Crippen molar-refractivity contribution in [3.8, 4) is 5.95 Å². The predicted molar refractivity (Wildman–Crippen MR) is 102 cm³/mol. The molecule has 28 heavy (non-hydrogen) atoms. The second kappa shape index (κ2) is 8.21. The molecule has 0 unspecified atom stereocenters. The third-order valence-corrected chi connectivity index (χ3v) is 4.42. The van der Waals surface area contributed by atoms with Crippen LogP contribution in [0.3, 0.4) is 0 Å². The molecule has 3 heterocycles. The van der Waals surface area contributed by atoms with Gasteiger partial charge in [0.15, 0.2) is 11.5 Å². The first kappa shape index (κ1) is 19.5. The summed E-state index contributed by atoms with van der Waals surface area (Å²) >= 11 is 0.946. The molecule has 0 aliphatic carbocycles. The Morgan fingerprint density at radius 1 is 1.14 bits per heavy atom. The molecule has 0 bridgehead atoms. The van der Waals surface area contributed by atoms with Gasteiger partial charge in [-0.2, -0.15) is 9.78 Å². The van der Waals surface area contributed by atoms with E-state index in [1.807, 2.05) is 26.8 Å². The van der Waals surface area contributed by atoms with Crippen LogP contribution in [-0.2, 0) is 16.0 Å². The molecular weight excluding hydrogens is 382 g/mol. The third-order valence-electron chi connectivity index (χ3n) is 3.67. The number of nitrogens with one attached hydrogen (secondary N) is 1. The number of esters is 1. The van der Waals surface area contributed by atoms with Crippen molar-refractivity contribution in [3.63, 3.8) is 0 Å². The summed E-state index contributed by atoms with van der Waals surface area (Å²) in [4.78, 5) is 33.4. The maximum absolute atomic E-state index is 12.3. The average Bonchev–Trinajstić information content (AvgIpc) is 3.25. The van der Waals surface area contributed by atoms with Crippen LogP contribution in [0.1, 0.15) is 39.4 Å². The van der Waals surface area contributed by atoms with Crippen LogP contribution in [0.25, 0.3) is 5.95 Å². The maximum Gasteiger partial charge on any atom is 0.352 e. The Labute approximate surface area is 165 Å². The highest BCUT2D eigenvalue weighted by Gasteiger charge is 2.19. The van der Waals surface area contributed by atoms with E-state index in [-0.39, 0.29) is 0 Å². The van der Waals surface area contributed by atoms with Crippen molar-refractivity contribution >= 4 is 29.2 Å². The van der Waals surface area contributed by atoms with E-state index in [0.29, 0.717) is 34.5 Å². The molecule has 3 aromatic rings. The molecule has 3 aromatic heterocycles. The molecule has 0 radical (unpaired) electrons. The van der Waals surface area contributed by atoms with E-state index in [1.165, 1.54) is 4.68 Å². The average molecular weight is 401 g/mol. The second-order valence-electron chi connectivity index (χ2n) is 6.06. The Morgan fingerprint density at radius 3 is 2.54 bits per heavy atom. The highest BCUT2D eigenvalue weighted by molar-refractivity contribution is 7.07. The minimum Gasteiger partial charge on any atom is -0.451 e. The molecule has 146 valence electrons. The second-order valence-corrected chi connectivity index (χ2v) is 6.81. The molecule has 0 aliphatic heterocycles. The van der Waals surface area contributed by atoms with Crippen molar-refractivity contribution < 1.29 is 14.3 Å². The van der Waals surface area contributed by atoms with Gasteiger partial charge in [0.1, 0.15) is 5.82 Å². The van der Waals surface area contributed by atoms with Gasteiger partial charge in [-0.1, -0.05) is 11.4 Å². The smallest absolute Gasteiger partial charge is 0.352 e. The Kier molecular flexibility index (Phi) is 5.73. The Balaban J connectivity index is 1.70. The summed E-state index contributed by atoms with van der Waals surface area (Å²) in [6, 6.07) is 3.53. The summed E-state index contributed by atoms with van der Waals surface area (Å²) in [6.45, 7) is 6.91. The van der Waals surface area contributed by atoms with Crippen molar-refractivity contribution in [2.75, 3.05) is 11.9 Å². The summed E-state index contributed by atoms with van der Waals surface area (Å²) < 4.78 is 10.2. The largest absolute Gasteiger partial charge is 0.451 e. The Bertz CT molecular complexity index is 1010. The number of rotatable bonds is 6. The van der Waals surface area contributed by atoms with Gasteiger partial charge in [0.2, 0.25) is 0 Å². The van der Waals surface area contributed by atoms with Crippen molar-refractivity contribution in [3.05, 3.63) is 39.8 Å². The molecule has 1 N–H and O–H groups in total. The van der Waals surface area contributed by atoms with E-state index < -0.39 is 18.5 Å². The fraction of sp³-hybridized carbons (Fsp3) is 0.353. The molecule has 1 amide bonds. The highest BCUT2D eigenvalue weighted by atomic mass is 32.1. The van der Waals surface area contributed by atoms with Crippen LogP contribution < -0.4 is 5.32 Å². The monoisotopic (exact) mass is 401 g/mol. The fourth-order valence-corrected chi connectivity index (χ4v) is 3.16. The zero-order chi connectivity index (χ0) is 20.3. The van der Waals surface area contributed by atoms with Gasteiger partial charge in [-0.05, 0) is 44.8 Å². The van der Waals surface area contributed by atoms with Gasteiger partial charge in [-0.3, -0.25) is 4.79 Å². The van der Waals surface area contributed by atoms with Crippen LogP contribution in [0.4, 0.5) is 5.82 Å². The van der Waals surface area contributed by atoms with Crippen molar-refractivity contribution in [2.24, 2.45) is 0 Å². The van der Waals surface area contributed by atoms with Crippen molar-refractivity contribution in [1.29, 1.82) is 0 Å². The van der Waals surface area contributed by atoms with Crippen LogP contribution in [0.2, 0.25) is 0 Å². The van der Waals surface area contributed by atoms with E-state index in [4.69, 9.17) is 4.74 Å². The fourth-order valence-electron chi connectivity index (χ4n) is 2.51. The van der Waals surface area contributed by atoms with E-state index >= 15 is 0 Å². The number of hydrogen-bond donors (Lipinski definition) is 1. The first-order chi connectivity index (χ1) is 13.4. The minimum atomic E-state index is -0.621. The van der Waals surface area contributed by atoms with Crippen LogP contribution in [0.5, 0.6) is 0 Å². The van der Waals surface area contributed by atoms with E-state index in [1.54, 1.807) is 13.0 Å². The number of anilines is 1. The van der Waals surface area contributed by atoms with Crippen LogP contribution in [0, 0.1) is 20.8 Å². The molecule has 0 spiro atoms. The number of aryl methyl sites for hydroxylation is 4. The first-order valence-corrected chi connectivity index (χ1v) is 9.32. The third kappa shape index (κ3) is 4.36. The van der Waals surface area contributed by atoms with Crippen molar-refractivity contribution in [2.45, 2.75) is 34.1 Å². The molecular formula is C17H19N7O3S. The summed E-state index contributed by atoms with van der Waals surface area (Å²) in [5.74, 6) is -0.391. The standard InChI is InChI=1S/C17H19N7O3S/c1-5-12-15(28-23-21-12)16(26)27-8-14(25)20-13-7-11(4)22-24(13)17-18-9(2)6-10(3)19-17/h6-7H,5,8H2,1-4H3,(H,20,25). The quantitative estimate of drug-likeness (QED) is 0.620. The van der Waals surface area contributed by atoms with E-state index in [0.717, 1.165) is 22.9 Å². The molecule has 11 heteroatoms. The van der Waals surface area contributed by atoms with Crippen LogP contribution in [0.15, 0.2) is 12.1 Å². The van der Waals surface area contributed by atoms with Gasteiger partial charge in [0.05, 0.1) is 11.4 Å². The van der Waals surface area contributed by atoms with Gasteiger partial charge in [0, 0.05) is 17.5 Å². The van der Waals surface area contributed by atoms with Crippen molar-refractivity contribution in [1.82, 2.24) is 29.3 Å². The summed E-state index contributed by atoms with van der Waals surface area (Å²) in [7, 11) is 0.